The highest BCUT2D eigenvalue weighted by atomic mass is 79.9. The lowest BCUT2D eigenvalue weighted by molar-refractivity contribution is 0.0979. The monoisotopic (exact) mass is 396 g/mol. The molecule has 0 radical (unpaired) electrons. The number of carbonyl (C=O) groups is 1. The molecule has 1 N–H and O–H groups in total. The van der Waals surface area contributed by atoms with Gasteiger partial charge in [0.1, 0.15) is 5.56 Å². The van der Waals surface area contributed by atoms with Crippen molar-refractivity contribution < 1.29 is 4.79 Å². The summed E-state index contributed by atoms with van der Waals surface area (Å²) < 4.78 is 0.905. The number of carbonyl (C=O) groups excluding carboxylic acids is 1. The zero-order valence-electron chi connectivity index (χ0n) is 13.8. The second kappa shape index (κ2) is 6.15. The van der Waals surface area contributed by atoms with Crippen LogP contribution in [0, 0.1) is 5.92 Å². The third-order valence-electron chi connectivity index (χ3n) is 4.63. The van der Waals surface area contributed by atoms with Gasteiger partial charge >= 0.3 is 0 Å². The van der Waals surface area contributed by atoms with Crippen LogP contribution in [0.1, 0.15) is 22.8 Å². The Morgan fingerprint density at radius 1 is 1.20 bits per heavy atom. The molecule has 2 aromatic carbocycles. The van der Waals surface area contributed by atoms with Gasteiger partial charge in [0.15, 0.2) is 0 Å². The summed E-state index contributed by atoms with van der Waals surface area (Å²) in [6, 6.07) is 15.2. The number of nitrogens with one attached hydrogen (secondary N) is 1. The summed E-state index contributed by atoms with van der Waals surface area (Å²) in [6.45, 7) is 2.74. The van der Waals surface area contributed by atoms with Gasteiger partial charge in [0, 0.05) is 27.6 Å². The molecule has 1 aromatic heterocycles. The number of nitrogens with zero attached hydrogens (tertiary/aromatic N) is 1. The smallest absolute Gasteiger partial charge is 0.263 e. The molecule has 5 heteroatoms. The number of benzene rings is 2. The third-order valence-corrected chi connectivity index (χ3v) is 5.12. The number of H-pyrrole nitrogens is 1. The first-order valence-electron chi connectivity index (χ1n) is 8.25. The molecule has 0 saturated carbocycles. The zero-order valence-corrected chi connectivity index (χ0v) is 15.3. The summed E-state index contributed by atoms with van der Waals surface area (Å²) >= 11 is 3.43. The van der Waals surface area contributed by atoms with Gasteiger partial charge in [-0.3, -0.25) is 9.59 Å². The largest absolute Gasteiger partial charge is 0.321 e. The molecule has 0 fully saturated rings. The minimum absolute atomic E-state index is 0.175. The first kappa shape index (κ1) is 16.1. The van der Waals surface area contributed by atoms with Crippen molar-refractivity contribution >= 4 is 38.4 Å². The normalized spacial score (nSPS) is 16.7. The van der Waals surface area contributed by atoms with Crippen molar-refractivity contribution in [3.05, 3.63) is 74.5 Å². The van der Waals surface area contributed by atoms with Crippen LogP contribution in [-0.2, 0) is 6.42 Å². The number of rotatable bonds is 1. The molecular weight excluding hydrogens is 380 g/mol. The van der Waals surface area contributed by atoms with E-state index in [-0.39, 0.29) is 17.0 Å². The fourth-order valence-electron chi connectivity index (χ4n) is 3.47. The van der Waals surface area contributed by atoms with Crippen LogP contribution in [0.5, 0.6) is 0 Å². The fourth-order valence-corrected chi connectivity index (χ4v) is 3.85. The Labute approximate surface area is 153 Å². The van der Waals surface area contributed by atoms with E-state index in [0.717, 1.165) is 33.0 Å². The highest BCUT2D eigenvalue weighted by Crippen LogP contribution is 2.30. The highest BCUT2D eigenvalue weighted by Gasteiger charge is 2.28. The number of aromatic amines is 1. The van der Waals surface area contributed by atoms with Gasteiger partial charge in [-0.2, -0.15) is 0 Å². The van der Waals surface area contributed by atoms with Gasteiger partial charge in [-0.05, 0) is 48.2 Å². The predicted octanol–water partition coefficient (Wildman–Crippen LogP) is 4.13. The maximum atomic E-state index is 13.2. The molecule has 0 saturated heterocycles. The average molecular weight is 397 g/mol. The maximum absolute atomic E-state index is 13.2. The molecular formula is C20H17BrN2O2. The Balaban J connectivity index is 1.83. The molecule has 3 aromatic rings. The molecule has 1 unspecified atom stereocenters. The second-order valence-electron chi connectivity index (χ2n) is 6.60. The fraction of sp³-hybridized carbons (Fsp3) is 0.200. The first-order valence-corrected chi connectivity index (χ1v) is 9.04. The van der Waals surface area contributed by atoms with Gasteiger partial charge in [0.2, 0.25) is 0 Å². The van der Waals surface area contributed by atoms with Crippen LogP contribution in [0.3, 0.4) is 0 Å². The zero-order chi connectivity index (χ0) is 17.6. The molecule has 1 atom stereocenters. The van der Waals surface area contributed by atoms with Crippen molar-refractivity contribution in [2.45, 2.75) is 13.3 Å². The lowest BCUT2D eigenvalue weighted by atomic mass is 9.93. The van der Waals surface area contributed by atoms with E-state index in [1.54, 1.807) is 11.0 Å². The average Bonchev–Trinajstić information content (AvgIpc) is 2.60. The Kier molecular flexibility index (Phi) is 3.96. The van der Waals surface area contributed by atoms with Gasteiger partial charge < -0.3 is 9.88 Å². The van der Waals surface area contributed by atoms with E-state index in [0.29, 0.717) is 12.5 Å². The molecule has 1 amide bonds. The molecule has 4 rings (SSSR count). The number of halogens is 1. The summed E-state index contributed by atoms with van der Waals surface area (Å²) in [6.07, 6.45) is 0.945. The number of hydrogen-bond donors (Lipinski definition) is 1. The Bertz CT molecular complexity index is 1040. The number of hydrogen-bond acceptors (Lipinski definition) is 2. The topological polar surface area (TPSA) is 53.2 Å². The van der Waals surface area contributed by atoms with Crippen molar-refractivity contribution in [3.8, 4) is 0 Å². The summed E-state index contributed by atoms with van der Waals surface area (Å²) in [5.74, 6) is 0.106. The minimum Gasteiger partial charge on any atom is -0.321 e. The van der Waals surface area contributed by atoms with Crippen molar-refractivity contribution in [1.29, 1.82) is 0 Å². The Morgan fingerprint density at radius 2 is 2.00 bits per heavy atom. The van der Waals surface area contributed by atoms with Crippen LogP contribution in [0.15, 0.2) is 57.8 Å². The van der Waals surface area contributed by atoms with E-state index in [1.807, 2.05) is 42.5 Å². The Morgan fingerprint density at radius 3 is 2.84 bits per heavy atom. The van der Waals surface area contributed by atoms with E-state index in [2.05, 4.69) is 27.8 Å². The number of para-hydroxylation sites is 1. The predicted molar refractivity (Wildman–Crippen MR) is 103 cm³/mol. The molecule has 126 valence electrons. The Hall–Kier alpha value is -2.40. The minimum atomic E-state index is -0.351. The van der Waals surface area contributed by atoms with E-state index in [9.17, 15) is 9.59 Å². The molecule has 0 spiro atoms. The van der Waals surface area contributed by atoms with Crippen LogP contribution in [0.4, 0.5) is 5.69 Å². The highest BCUT2D eigenvalue weighted by molar-refractivity contribution is 9.10. The molecule has 0 aliphatic carbocycles. The molecule has 0 bridgehead atoms. The number of amides is 1. The van der Waals surface area contributed by atoms with Crippen molar-refractivity contribution in [2.24, 2.45) is 5.92 Å². The standard InChI is InChI=1S/C20H17BrN2O2/c1-12-8-13-4-2-3-5-18(13)23(11-12)20(25)16-10-14-9-15(21)6-7-17(14)22-19(16)24/h2-7,9-10,12H,8,11H2,1H3,(H,22,24). The number of aromatic nitrogens is 1. The van der Waals surface area contributed by atoms with Crippen LogP contribution in [0.25, 0.3) is 10.9 Å². The summed E-state index contributed by atoms with van der Waals surface area (Å²) in [4.78, 5) is 30.2. The van der Waals surface area contributed by atoms with E-state index in [4.69, 9.17) is 0 Å². The van der Waals surface area contributed by atoms with Crippen LogP contribution in [-0.4, -0.2) is 17.4 Å². The van der Waals surface area contributed by atoms with Crippen molar-refractivity contribution in [3.63, 3.8) is 0 Å². The summed E-state index contributed by atoms with van der Waals surface area (Å²) in [5.41, 5.74) is 2.59. The van der Waals surface area contributed by atoms with Gasteiger partial charge in [0.05, 0.1) is 0 Å². The molecule has 25 heavy (non-hydrogen) atoms. The summed E-state index contributed by atoms with van der Waals surface area (Å²) in [7, 11) is 0. The van der Waals surface area contributed by atoms with Gasteiger partial charge in [-0.15, -0.1) is 0 Å². The second-order valence-corrected chi connectivity index (χ2v) is 7.51. The molecule has 4 nitrogen and oxygen atoms in total. The number of anilines is 1. The van der Waals surface area contributed by atoms with Gasteiger partial charge in [-0.25, -0.2) is 0 Å². The van der Waals surface area contributed by atoms with E-state index >= 15 is 0 Å². The SMILES string of the molecule is CC1Cc2ccccc2N(C(=O)c2cc3cc(Br)ccc3[nH]c2=O)C1. The van der Waals surface area contributed by atoms with Crippen molar-refractivity contribution in [1.82, 2.24) is 4.98 Å². The van der Waals surface area contributed by atoms with Gasteiger partial charge in [0.25, 0.3) is 11.5 Å². The number of fused-ring (bicyclic) bond motifs is 2. The van der Waals surface area contributed by atoms with Crippen LogP contribution >= 0.6 is 15.9 Å². The lowest BCUT2D eigenvalue weighted by Gasteiger charge is -2.33. The van der Waals surface area contributed by atoms with E-state index in [1.165, 1.54) is 0 Å². The first-order chi connectivity index (χ1) is 12.0. The van der Waals surface area contributed by atoms with E-state index < -0.39 is 0 Å². The molecule has 2 heterocycles. The molecule has 1 aliphatic rings. The lowest BCUT2D eigenvalue weighted by Crippen LogP contribution is -2.41. The van der Waals surface area contributed by atoms with Crippen LogP contribution in [0.2, 0.25) is 0 Å². The van der Waals surface area contributed by atoms with Crippen molar-refractivity contribution in [2.75, 3.05) is 11.4 Å². The maximum Gasteiger partial charge on any atom is 0.263 e. The molecule has 1 aliphatic heterocycles. The van der Waals surface area contributed by atoms with Gasteiger partial charge in [-0.1, -0.05) is 41.1 Å². The quantitative estimate of drug-likeness (QED) is 0.672. The van der Waals surface area contributed by atoms with Crippen LogP contribution < -0.4 is 10.5 Å². The third kappa shape index (κ3) is 2.89. The summed E-state index contributed by atoms with van der Waals surface area (Å²) in [5, 5.41) is 0.829. The number of pyridine rings is 1.